The fourth-order valence-electron chi connectivity index (χ4n) is 2.15. The molecule has 104 valence electrons. The molecule has 1 atom stereocenters. The minimum absolute atomic E-state index is 0.109. The molecule has 1 aromatic heterocycles. The number of likely N-dealkylation sites (tertiary alicyclic amines) is 1. The van der Waals surface area contributed by atoms with Gasteiger partial charge in [-0.15, -0.1) is 0 Å². The average molecular weight is 284 g/mol. The van der Waals surface area contributed by atoms with Crippen molar-refractivity contribution in [3.63, 3.8) is 0 Å². The third-order valence-electron chi connectivity index (χ3n) is 2.98. The van der Waals surface area contributed by atoms with E-state index < -0.39 is 10.0 Å². The standard InChI is InChI=1S/C11H16N4O3S/c1-19(17,18)14-8-11(16)15-6-2-3-10(15)9-7-12-4-5-13-9/h4-5,7,10,14H,2-3,6,8H2,1H3/t10-/m0/s1. The van der Waals surface area contributed by atoms with E-state index in [1.807, 2.05) is 0 Å². The fraction of sp³-hybridized carbons (Fsp3) is 0.545. The van der Waals surface area contributed by atoms with Gasteiger partial charge < -0.3 is 4.90 Å². The molecular weight excluding hydrogens is 268 g/mol. The van der Waals surface area contributed by atoms with Gasteiger partial charge in [-0.2, -0.15) is 0 Å². The van der Waals surface area contributed by atoms with Crippen LogP contribution in [0.25, 0.3) is 0 Å². The number of nitrogens with zero attached hydrogens (tertiary/aromatic N) is 3. The number of amides is 1. The van der Waals surface area contributed by atoms with Crippen molar-refractivity contribution < 1.29 is 13.2 Å². The van der Waals surface area contributed by atoms with Gasteiger partial charge in [-0.1, -0.05) is 0 Å². The summed E-state index contributed by atoms with van der Waals surface area (Å²) < 4.78 is 24.2. The highest BCUT2D eigenvalue weighted by atomic mass is 32.2. The fourth-order valence-corrected chi connectivity index (χ4v) is 2.54. The van der Waals surface area contributed by atoms with Crippen molar-refractivity contribution in [1.29, 1.82) is 0 Å². The molecule has 1 fully saturated rings. The van der Waals surface area contributed by atoms with Crippen LogP contribution >= 0.6 is 0 Å². The third kappa shape index (κ3) is 3.71. The summed E-state index contributed by atoms with van der Waals surface area (Å²) >= 11 is 0. The van der Waals surface area contributed by atoms with E-state index in [0.717, 1.165) is 24.8 Å². The molecule has 1 amide bonds. The van der Waals surface area contributed by atoms with Crippen LogP contribution in [0.2, 0.25) is 0 Å². The zero-order valence-corrected chi connectivity index (χ0v) is 11.4. The molecule has 0 radical (unpaired) electrons. The number of sulfonamides is 1. The second-order valence-corrected chi connectivity index (χ2v) is 6.30. The molecule has 1 aliphatic rings. The Morgan fingerprint density at radius 2 is 2.32 bits per heavy atom. The van der Waals surface area contributed by atoms with Crippen LogP contribution < -0.4 is 4.72 Å². The van der Waals surface area contributed by atoms with Crippen LogP contribution in [0.5, 0.6) is 0 Å². The average Bonchev–Trinajstić information content (AvgIpc) is 2.85. The molecule has 0 aliphatic carbocycles. The van der Waals surface area contributed by atoms with Crippen molar-refractivity contribution in [3.8, 4) is 0 Å². The summed E-state index contributed by atoms with van der Waals surface area (Å²) in [4.78, 5) is 21.9. The van der Waals surface area contributed by atoms with Crippen molar-refractivity contribution in [2.45, 2.75) is 18.9 Å². The molecule has 1 aliphatic heterocycles. The molecule has 0 spiro atoms. The second kappa shape index (κ2) is 5.62. The molecule has 8 heteroatoms. The maximum atomic E-state index is 12.0. The molecule has 7 nitrogen and oxygen atoms in total. The molecule has 2 heterocycles. The van der Waals surface area contributed by atoms with Crippen molar-refractivity contribution in [2.24, 2.45) is 0 Å². The lowest BCUT2D eigenvalue weighted by atomic mass is 10.1. The Bertz CT molecular complexity index is 546. The first-order valence-corrected chi connectivity index (χ1v) is 7.86. The zero-order valence-electron chi connectivity index (χ0n) is 10.6. The van der Waals surface area contributed by atoms with Gasteiger partial charge in [0.2, 0.25) is 15.9 Å². The van der Waals surface area contributed by atoms with E-state index in [9.17, 15) is 13.2 Å². The quantitative estimate of drug-likeness (QED) is 0.818. The van der Waals surface area contributed by atoms with Gasteiger partial charge >= 0.3 is 0 Å². The molecule has 1 saturated heterocycles. The lowest BCUT2D eigenvalue weighted by Gasteiger charge is -2.24. The van der Waals surface area contributed by atoms with Gasteiger partial charge in [-0.3, -0.25) is 14.8 Å². The van der Waals surface area contributed by atoms with Gasteiger partial charge in [0.25, 0.3) is 0 Å². The first-order chi connectivity index (χ1) is 8.97. The Kier molecular flexibility index (Phi) is 4.11. The van der Waals surface area contributed by atoms with E-state index in [4.69, 9.17) is 0 Å². The van der Waals surface area contributed by atoms with E-state index in [-0.39, 0.29) is 18.5 Å². The maximum Gasteiger partial charge on any atom is 0.238 e. The zero-order chi connectivity index (χ0) is 13.9. The molecule has 1 aromatic rings. The summed E-state index contributed by atoms with van der Waals surface area (Å²) in [5.41, 5.74) is 0.743. The highest BCUT2D eigenvalue weighted by Gasteiger charge is 2.30. The second-order valence-electron chi connectivity index (χ2n) is 4.47. The van der Waals surface area contributed by atoms with Crippen LogP contribution in [-0.4, -0.2) is 48.5 Å². The monoisotopic (exact) mass is 284 g/mol. The van der Waals surface area contributed by atoms with Crippen molar-refractivity contribution in [3.05, 3.63) is 24.3 Å². The van der Waals surface area contributed by atoms with E-state index in [1.54, 1.807) is 23.5 Å². The van der Waals surface area contributed by atoms with Gasteiger partial charge in [0, 0.05) is 18.9 Å². The molecule has 2 rings (SSSR count). The summed E-state index contributed by atoms with van der Waals surface area (Å²) in [7, 11) is -3.36. The summed E-state index contributed by atoms with van der Waals surface area (Å²) in [6, 6.07) is -0.109. The van der Waals surface area contributed by atoms with E-state index in [2.05, 4.69) is 14.7 Å². The number of aromatic nitrogens is 2. The predicted octanol–water partition coefficient (Wildman–Crippen LogP) is -0.311. The van der Waals surface area contributed by atoms with Crippen LogP contribution in [0.3, 0.4) is 0 Å². The van der Waals surface area contributed by atoms with Crippen LogP contribution in [0.4, 0.5) is 0 Å². The highest BCUT2D eigenvalue weighted by molar-refractivity contribution is 7.88. The number of hydrogen-bond acceptors (Lipinski definition) is 5. The molecule has 0 unspecified atom stereocenters. The maximum absolute atomic E-state index is 12.0. The van der Waals surface area contributed by atoms with E-state index in [1.165, 1.54) is 0 Å². The van der Waals surface area contributed by atoms with Gasteiger partial charge in [-0.05, 0) is 12.8 Å². The molecule has 0 aromatic carbocycles. The third-order valence-corrected chi connectivity index (χ3v) is 3.65. The van der Waals surface area contributed by atoms with Gasteiger partial charge in [0.05, 0.1) is 30.7 Å². The van der Waals surface area contributed by atoms with Gasteiger partial charge in [-0.25, -0.2) is 13.1 Å². The lowest BCUT2D eigenvalue weighted by molar-refractivity contribution is -0.130. The summed E-state index contributed by atoms with van der Waals surface area (Å²) in [5.74, 6) is -0.237. The molecule has 0 bridgehead atoms. The predicted molar refractivity (Wildman–Crippen MR) is 68.6 cm³/mol. The Morgan fingerprint density at radius 1 is 1.53 bits per heavy atom. The number of hydrogen-bond donors (Lipinski definition) is 1. The molecule has 19 heavy (non-hydrogen) atoms. The SMILES string of the molecule is CS(=O)(=O)NCC(=O)N1CCC[C@H]1c1cnccn1. The van der Waals surface area contributed by atoms with Gasteiger partial charge in [0.1, 0.15) is 0 Å². The smallest absolute Gasteiger partial charge is 0.238 e. The van der Waals surface area contributed by atoms with Crippen LogP contribution in [0.15, 0.2) is 18.6 Å². The Morgan fingerprint density at radius 3 is 2.95 bits per heavy atom. The number of carbonyl (C=O) groups excluding carboxylic acids is 1. The number of rotatable bonds is 4. The summed E-state index contributed by atoms with van der Waals surface area (Å²) in [5, 5.41) is 0. The topological polar surface area (TPSA) is 92.3 Å². The van der Waals surface area contributed by atoms with Crippen LogP contribution in [-0.2, 0) is 14.8 Å². The first-order valence-electron chi connectivity index (χ1n) is 5.97. The normalized spacial score (nSPS) is 19.6. The van der Waals surface area contributed by atoms with Crippen molar-refractivity contribution >= 4 is 15.9 Å². The summed E-state index contributed by atoms with van der Waals surface area (Å²) in [6.07, 6.45) is 7.54. The van der Waals surface area contributed by atoms with Gasteiger partial charge in [0.15, 0.2) is 0 Å². The van der Waals surface area contributed by atoms with E-state index >= 15 is 0 Å². The van der Waals surface area contributed by atoms with E-state index in [0.29, 0.717) is 6.54 Å². The Hall–Kier alpha value is -1.54. The molecule has 0 saturated carbocycles. The van der Waals surface area contributed by atoms with Crippen molar-refractivity contribution in [1.82, 2.24) is 19.6 Å². The Labute approximate surface area is 112 Å². The van der Waals surface area contributed by atoms with Crippen LogP contribution in [0.1, 0.15) is 24.6 Å². The largest absolute Gasteiger partial charge is 0.333 e. The minimum atomic E-state index is -3.36. The first kappa shape index (κ1) is 13.9. The number of carbonyl (C=O) groups is 1. The Balaban J connectivity index is 2.05. The number of nitrogens with one attached hydrogen (secondary N) is 1. The minimum Gasteiger partial charge on any atom is -0.333 e. The summed E-state index contributed by atoms with van der Waals surface area (Å²) in [6.45, 7) is 0.404. The lowest BCUT2D eigenvalue weighted by Crippen LogP contribution is -2.39. The van der Waals surface area contributed by atoms with Crippen LogP contribution in [0, 0.1) is 0 Å². The van der Waals surface area contributed by atoms with Crippen molar-refractivity contribution in [2.75, 3.05) is 19.3 Å². The molecular formula is C11H16N4O3S. The highest BCUT2D eigenvalue weighted by Crippen LogP contribution is 2.29. The molecule has 1 N–H and O–H groups in total.